The van der Waals surface area contributed by atoms with Gasteiger partial charge in [0.25, 0.3) is 0 Å². The van der Waals surface area contributed by atoms with Crippen molar-refractivity contribution in [1.82, 2.24) is 5.43 Å². The van der Waals surface area contributed by atoms with Gasteiger partial charge in [-0.1, -0.05) is 58.4 Å². The smallest absolute Gasteiger partial charge is 0.250 e. The molecule has 0 unspecified atom stereocenters. The molecule has 5 heteroatoms. The van der Waals surface area contributed by atoms with Gasteiger partial charge in [0.2, 0.25) is 5.91 Å². The Kier molecular flexibility index (Phi) is 6.68. The van der Waals surface area contributed by atoms with Crippen molar-refractivity contribution in [3.8, 4) is 0 Å². The van der Waals surface area contributed by atoms with Crippen LogP contribution < -0.4 is 5.43 Å². The number of hydrazone groups is 1. The molecule has 0 radical (unpaired) electrons. The zero-order valence-electron chi connectivity index (χ0n) is 12.3. The minimum absolute atomic E-state index is 0.0857. The molecule has 1 N–H and O–H groups in total. The Morgan fingerprint density at radius 3 is 2.50 bits per heavy atom. The fraction of sp³-hybridized carbons (Fsp3) is 0.176. The van der Waals surface area contributed by atoms with Crippen LogP contribution in [0.4, 0.5) is 0 Å². The standard InChI is InChI=1S/C17H17BrN2OS/c1-13(15-7-9-16(18)10-8-15)19-20-17(21)12-22-11-14-5-3-2-4-6-14/h2-10H,11-12H2,1H3,(H,20,21)/b19-13-. The van der Waals surface area contributed by atoms with Gasteiger partial charge in [0.05, 0.1) is 11.5 Å². The van der Waals surface area contributed by atoms with Crippen LogP contribution in [0.1, 0.15) is 18.1 Å². The van der Waals surface area contributed by atoms with Crippen molar-refractivity contribution in [3.05, 3.63) is 70.2 Å². The molecule has 114 valence electrons. The summed E-state index contributed by atoms with van der Waals surface area (Å²) in [5.41, 5.74) is 5.59. The second kappa shape index (κ2) is 8.76. The highest BCUT2D eigenvalue weighted by molar-refractivity contribution is 9.10. The Balaban J connectivity index is 1.77. The van der Waals surface area contributed by atoms with E-state index in [-0.39, 0.29) is 5.91 Å². The minimum atomic E-state index is -0.0857. The third-order valence-electron chi connectivity index (χ3n) is 2.96. The summed E-state index contributed by atoms with van der Waals surface area (Å²) in [7, 11) is 0. The lowest BCUT2D eigenvalue weighted by Gasteiger charge is -2.04. The van der Waals surface area contributed by atoms with E-state index >= 15 is 0 Å². The zero-order valence-corrected chi connectivity index (χ0v) is 14.7. The van der Waals surface area contributed by atoms with E-state index in [4.69, 9.17) is 0 Å². The number of hydrogen-bond donors (Lipinski definition) is 1. The first-order valence-corrected chi connectivity index (χ1v) is 8.80. The molecule has 0 saturated carbocycles. The number of rotatable bonds is 6. The number of amides is 1. The van der Waals surface area contributed by atoms with Gasteiger partial charge in [-0.15, -0.1) is 11.8 Å². The second-order valence-corrected chi connectivity index (χ2v) is 6.62. The van der Waals surface area contributed by atoms with Gasteiger partial charge in [0.15, 0.2) is 0 Å². The van der Waals surface area contributed by atoms with Crippen LogP contribution in [0.15, 0.2) is 64.2 Å². The van der Waals surface area contributed by atoms with Crippen molar-refractivity contribution < 1.29 is 4.79 Å². The van der Waals surface area contributed by atoms with Crippen LogP contribution in [0.3, 0.4) is 0 Å². The predicted octanol–water partition coefficient (Wildman–Crippen LogP) is 4.22. The highest BCUT2D eigenvalue weighted by Crippen LogP contribution is 2.12. The average Bonchev–Trinajstić information content (AvgIpc) is 2.54. The molecule has 0 saturated heterocycles. The molecule has 0 aliphatic rings. The molecule has 0 atom stereocenters. The summed E-state index contributed by atoms with van der Waals surface area (Å²) in [4.78, 5) is 11.8. The van der Waals surface area contributed by atoms with Crippen LogP contribution in [0.25, 0.3) is 0 Å². The van der Waals surface area contributed by atoms with Gasteiger partial charge in [-0.25, -0.2) is 5.43 Å². The Labute approximate surface area is 143 Å². The van der Waals surface area contributed by atoms with Crippen LogP contribution in [0, 0.1) is 0 Å². The lowest BCUT2D eigenvalue weighted by atomic mass is 10.1. The van der Waals surface area contributed by atoms with Crippen molar-refractivity contribution in [2.75, 3.05) is 5.75 Å². The fourth-order valence-electron chi connectivity index (χ4n) is 1.77. The van der Waals surface area contributed by atoms with E-state index < -0.39 is 0 Å². The van der Waals surface area contributed by atoms with Crippen LogP contribution >= 0.6 is 27.7 Å². The lowest BCUT2D eigenvalue weighted by Crippen LogP contribution is -2.21. The van der Waals surface area contributed by atoms with Crippen LogP contribution in [-0.4, -0.2) is 17.4 Å². The Morgan fingerprint density at radius 2 is 1.82 bits per heavy atom. The second-order valence-electron chi connectivity index (χ2n) is 4.72. The summed E-state index contributed by atoms with van der Waals surface area (Å²) in [5, 5.41) is 4.14. The van der Waals surface area contributed by atoms with Crippen LogP contribution in [0.5, 0.6) is 0 Å². The Bertz CT molecular complexity index is 641. The molecular weight excluding hydrogens is 360 g/mol. The molecule has 0 aliphatic heterocycles. The number of nitrogens with zero attached hydrogens (tertiary/aromatic N) is 1. The predicted molar refractivity (Wildman–Crippen MR) is 97.1 cm³/mol. The molecule has 22 heavy (non-hydrogen) atoms. The number of hydrogen-bond acceptors (Lipinski definition) is 3. The summed E-state index contributed by atoms with van der Waals surface area (Å²) in [6.07, 6.45) is 0. The minimum Gasteiger partial charge on any atom is -0.272 e. The van der Waals surface area contributed by atoms with E-state index in [1.54, 1.807) is 11.8 Å². The molecule has 2 rings (SSSR count). The molecule has 0 bridgehead atoms. The van der Waals surface area contributed by atoms with Crippen molar-refractivity contribution in [2.45, 2.75) is 12.7 Å². The molecule has 0 fully saturated rings. The highest BCUT2D eigenvalue weighted by Gasteiger charge is 2.02. The molecule has 2 aromatic rings. The van der Waals surface area contributed by atoms with Crippen molar-refractivity contribution in [2.24, 2.45) is 5.10 Å². The lowest BCUT2D eigenvalue weighted by molar-refractivity contribution is -0.118. The molecule has 0 aromatic heterocycles. The molecular formula is C17H17BrN2OS. The monoisotopic (exact) mass is 376 g/mol. The SMILES string of the molecule is C/C(=N/NC(=O)CSCc1ccccc1)c1ccc(Br)cc1. The number of nitrogens with one attached hydrogen (secondary N) is 1. The largest absolute Gasteiger partial charge is 0.272 e. The summed E-state index contributed by atoms with van der Waals surface area (Å²) >= 11 is 4.97. The zero-order chi connectivity index (χ0) is 15.8. The summed E-state index contributed by atoms with van der Waals surface area (Å²) < 4.78 is 1.02. The van der Waals surface area contributed by atoms with Gasteiger partial charge in [-0.2, -0.15) is 5.10 Å². The first kappa shape index (κ1) is 16.8. The van der Waals surface area contributed by atoms with Gasteiger partial charge in [0.1, 0.15) is 0 Å². The van der Waals surface area contributed by atoms with Crippen molar-refractivity contribution >= 4 is 39.3 Å². The number of carbonyl (C=O) groups excluding carboxylic acids is 1. The quantitative estimate of drug-likeness (QED) is 0.605. The van der Waals surface area contributed by atoms with E-state index in [9.17, 15) is 4.79 Å². The van der Waals surface area contributed by atoms with Crippen molar-refractivity contribution in [1.29, 1.82) is 0 Å². The first-order chi connectivity index (χ1) is 10.6. The maximum Gasteiger partial charge on any atom is 0.250 e. The topological polar surface area (TPSA) is 41.5 Å². The maximum atomic E-state index is 11.8. The molecule has 3 nitrogen and oxygen atoms in total. The van der Waals surface area contributed by atoms with Crippen LogP contribution in [0.2, 0.25) is 0 Å². The van der Waals surface area contributed by atoms with E-state index in [0.717, 1.165) is 21.5 Å². The molecule has 0 spiro atoms. The third kappa shape index (κ3) is 5.66. The summed E-state index contributed by atoms with van der Waals surface area (Å²) in [5.74, 6) is 1.13. The fourth-order valence-corrected chi connectivity index (χ4v) is 2.81. The highest BCUT2D eigenvalue weighted by atomic mass is 79.9. The van der Waals surface area contributed by atoms with Gasteiger partial charge in [-0.3, -0.25) is 4.79 Å². The Hall–Kier alpha value is -1.59. The summed E-state index contributed by atoms with van der Waals surface area (Å²) in [6.45, 7) is 1.88. The molecule has 2 aromatic carbocycles. The van der Waals surface area contributed by atoms with E-state index in [1.165, 1.54) is 5.56 Å². The number of carbonyl (C=O) groups is 1. The van der Waals surface area contributed by atoms with E-state index in [1.807, 2.05) is 49.4 Å². The van der Waals surface area contributed by atoms with Gasteiger partial charge < -0.3 is 0 Å². The van der Waals surface area contributed by atoms with E-state index in [2.05, 4.69) is 38.6 Å². The molecule has 1 amide bonds. The number of benzene rings is 2. The van der Waals surface area contributed by atoms with Gasteiger partial charge >= 0.3 is 0 Å². The van der Waals surface area contributed by atoms with Crippen LogP contribution in [-0.2, 0) is 10.5 Å². The maximum absolute atomic E-state index is 11.8. The van der Waals surface area contributed by atoms with Crippen molar-refractivity contribution in [3.63, 3.8) is 0 Å². The van der Waals surface area contributed by atoms with E-state index in [0.29, 0.717) is 5.75 Å². The molecule has 0 heterocycles. The number of halogens is 1. The normalized spacial score (nSPS) is 11.3. The summed E-state index contributed by atoms with van der Waals surface area (Å²) in [6, 6.07) is 17.9. The third-order valence-corrected chi connectivity index (χ3v) is 4.49. The van der Waals surface area contributed by atoms with Gasteiger partial charge in [-0.05, 0) is 30.2 Å². The first-order valence-electron chi connectivity index (χ1n) is 6.86. The van der Waals surface area contributed by atoms with Gasteiger partial charge in [0, 0.05) is 10.2 Å². The molecule has 0 aliphatic carbocycles. The Morgan fingerprint density at radius 1 is 1.14 bits per heavy atom. The average molecular weight is 377 g/mol. The number of thioether (sulfide) groups is 1.